The molecule has 2 aromatic carbocycles. The molecule has 2 aromatic rings. The van der Waals surface area contributed by atoms with Crippen LogP contribution < -0.4 is 11.1 Å². The molecule has 0 aliphatic heterocycles. The fraction of sp³-hybridized carbons (Fsp3) is 0.0769. The zero-order valence-corrected chi connectivity index (χ0v) is 9.68. The minimum Gasteiger partial charge on any atom is -0.395 e. The summed E-state index contributed by atoms with van der Waals surface area (Å²) in [6.45, 7) is -0.0702. The lowest BCUT2D eigenvalue weighted by atomic mass is 10.2. The summed E-state index contributed by atoms with van der Waals surface area (Å²) in [4.78, 5) is 0. The summed E-state index contributed by atoms with van der Waals surface area (Å²) >= 11 is 0. The lowest BCUT2D eigenvalue weighted by molar-refractivity contribution is 0.574. The lowest BCUT2D eigenvalue weighted by Crippen LogP contribution is -2.06. The topological polar surface area (TPSA) is 38.0 Å². The van der Waals surface area contributed by atoms with Gasteiger partial charge in [0, 0.05) is 24.2 Å². The fourth-order valence-electron chi connectivity index (χ4n) is 1.59. The Morgan fingerprint density at radius 2 is 1.58 bits per heavy atom. The molecule has 2 rings (SSSR count). The van der Waals surface area contributed by atoms with Crippen LogP contribution in [0.1, 0.15) is 5.56 Å². The summed E-state index contributed by atoms with van der Waals surface area (Å²) in [7, 11) is 0. The third-order valence-corrected chi connectivity index (χ3v) is 2.58. The van der Waals surface area contributed by atoms with Crippen LogP contribution in [0.15, 0.2) is 30.3 Å². The molecule has 0 fully saturated rings. The molecule has 0 heterocycles. The molecule has 0 saturated carbocycles. The van der Waals surface area contributed by atoms with Crippen LogP contribution in [0.3, 0.4) is 0 Å². The van der Waals surface area contributed by atoms with Gasteiger partial charge in [0.2, 0.25) is 0 Å². The van der Waals surface area contributed by atoms with Gasteiger partial charge >= 0.3 is 0 Å². The first-order valence-electron chi connectivity index (χ1n) is 5.39. The maximum absolute atomic E-state index is 13.4. The van der Waals surface area contributed by atoms with Crippen molar-refractivity contribution in [2.24, 2.45) is 0 Å². The Morgan fingerprint density at radius 3 is 2.26 bits per heavy atom. The molecule has 0 atom stereocenters. The molecule has 0 radical (unpaired) electrons. The second-order valence-electron chi connectivity index (χ2n) is 3.94. The molecule has 19 heavy (non-hydrogen) atoms. The van der Waals surface area contributed by atoms with Crippen molar-refractivity contribution in [1.29, 1.82) is 0 Å². The van der Waals surface area contributed by atoms with Gasteiger partial charge in [-0.15, -0.1) is 0 Å². The highest BCUT2D eigenvalue weighted by molar-refractivity contribution is 5.66. The van der Waals surface area contributed by atoms with Crippen molar-refractivity contribution in [3.05, 3.63) is 59.2 Å². The van der Waals surface area contributed by atoms with Crippen LogP contribution in [0.5, 0.6) is 0 Å². The van der Waals surface area contributed by atoms with Gasteiger partial charge < -0.3 is 11.1 Å². The van der Waals surface area contributed by atoms with E-state index in [0.717, 1.165) is 18.2 Å². The van der Waals surface area contributed by atoms with E-state index in [4.69, 9.17) is 5.73 Å². The Morgan fingerprint density at radius 1 is 0.895 bits per heavy atom. The summed E-state index contributed by atoms with van der Waals surface area (Å²) in [5, 5.41) is 2.60. The SMILES string of the molecule is Nc1c(F)cc(F)cc1NCc1ccc(F)cc1F. The van der Waals surface area contributed by atoms with Crippen molar-refractivity contribution in [3.63, 3.8) is 0 Å². The van der Waals surface area contributed by atoms with Gasteiger partial charge in [0.05, 0.1) is 11.4 Å². The Balaban J connectivity index is 2.19. The average molecular weight is 270 g/mol. The smallest absolute Gasteiger partial charge is 0.151 e. The van der Waals surface area contributed by atoms with Gasteiger partial charge in [0.1, 0.15) is 17.5 Å². The van der Waals surface area contributed by atoms with E-state index >= 15 is 0 Å². The Labute approximate surface area is 106 Å². The largest absolute Gasteiger partial charge is 0.395 e. The molecule has 0 aromatic heterocycles. The highest BCUT2D eigenvalue weighted by Crippen LogP contribution is 2.24. The van der Waals surface area contributed by atoms with Crippen LogP contribution in [0.2, 0.25) is 0 Å². The average Bonchev–Trinajstić information content (AvgIpc) is 2.33. The Bertz CT molecular complexity index is 614. The van der Waals surface area contributed by atoms with E-state index in [2.05, 4.69) is 5.32 Å². The van der Waals surface area contributed by atoms with Crippen LogP contribution in [0, 0.1) is 23.3 Å². The van der Waals surface area contributed by atoms with E-state index in [-0.39, 0.29) is 23.5 Å². The molecular weight excluding hydrogens is 260 g/mol. The van der Waals surface area contributed by atoms with Crippen LogP contribution in [-0.2, 0) is 6.54 Å². The number of nitrogen functional groups attached to an aromatic ring is 1. The predicted molar refractivity (Wildman–Crippen MR) is 64.5 cm³/mol. The minimum atomic E-state index is -0.901. The third-order valence-electron chi connectivity index (χ3n) is 2.58. The van der Waals surface area contributed by atoms with Crippen molar-refractivity contribution in [2.45, 2.75) is 6.54 Å². The minimum absolute atomic E-state index is 0.0150. The second-order valence-corrected chi connectivity index (χ2v) is 3.94. The van der Waals surface area contributed by atoms with Crippen LogP contribution in [0.4, 0.5) is 28.9 Å². The highest BCUT2D eigenvalue weighted by Gasteiger charge is 2.09. The molecule has 2 nitrogen and oxygen atoms in total. The van der Waals surface area contributed by atoms with Crippen molar-refractivity contribution < 1.29 is 17.6 Å². The lowest BCUT2D eigenvalue weighted by Gasteiger charge is -2.11. The molecule has 100 valence electrons. The van der Waals surface area contributed by atoms with Crippen molar-refractivity contribution in [2.75, 3.05) is 11.1 Å². The quantitative estimate of drug-likeness (QED) is 0.662. The van der Waals surface area contributed by atoms with Crippen molar-refractivity contribution >= 4 is 11.4 Å². The maximum atomic E-state index is 13.4. The van der Waals surface area contributed by atoms with Gasteiger partial charge in [-0.1, -0.05) is 6.07 Å². The number of benzene rings is 2. The van der Waals surface area contributed by atoms with Crippen molar-refractivity contribution in [1.82, 2.24) is 0 Å². The third kappa shape index (κ3) is 2.96. The van der Waals surface area contributed by atoms with Gasteiger partial charge in [0.15, 0.2) is 5.82 Å². The molecule has 0 unspecified atom stereocenters. The molecule has 0 aliphatic rings. The number of halogens is 4. The molecule has 0 bridgehead atoms. The number of hydrogen-bond acceptors (Lipinski definition) is 2. The molecule has 0 spiro atoms. The molecule has 0 aliphatic carbocycles. The number of nitrogens with two attached hydrogens (primary N) is 1. The summed E-state index contributed by atoms with van der Waals surface area (Å²) in [5.74, 6) is -3.14. The number of anilines is 2. The predicted octanol–water partition coefficient (Wildman–Crippen LogP) is 3.44. The Hall–Kier alpha value is -2.24. The standard InChI is InChI=1S/C13H10F4N2/c14-8-2-1-7(10(16)3-8)6-19-12-5-9(15)4-11(17)13(12)18/h1-5,19H,6,18H2. The number of rotatable bonds is 3. The van der Waals surface area contributed by atoms with Gasteiger partial charge in [-0.05, 0) is 12.1 Å². The van der Waals surface area contributed by atoms with Gasteiger partial charge in [-0.2, -0.15) is 0 Å². The molecule has 0 saturated heterocycles. The first kappa shape index (κ1) is 13.2. The van der Waals surface area contributed by atoms with E-state index in [1.54, 1.807) is 0 Å². The summed E-state index contributed by atoms with van der Waals surface area (Å²) in [6.07, 6.45) is 0. The first-order chi connectivity index (χ1) is 8.97. The van der Waals surface area contributed by atoms with E-state index < -0.39 is 23.3 Å². The highest BCUT2D eigenvalue weighted by atomic mass is 19.1. The first-order valence-corrected chi connectivity index (χ1v) is 5.39. The summed E-state index contributed by atoms with van der Waals surface area (Å²) in [5.41, 5.74) is 5.33. The summed E-state index contributed by atoms with van der Waals surface area (Å²) < 4.78 is 52.2. The van der Waals surface area contributed by atoms with E-state index in [9.17, 15) is 17.6 Å². The van der Waals surface area contributed by atoms with E-state index in [1.165, 1.54) is 6.07 Å². The molecule has 6 heteroatoms. The van der Waals surface area contributed by atoms with Gasteiger partial charge in [-0.3, -0.25) is 0 Å². The van der Waals surface area contributed by atoms with Crippen LogP contribution >= 0.6 is 0 Å². The zero-order chi connectivity index (χ0) is 14.0. The zero-order valence-electron chi connectivity index (χ0n) is 9.68. The number of nitrogens with one attached hydrogen (secondary N) is 1. The van der Waals surface area contributed by atoms with E-state index in [1.807, 2.05) is 0 Å². The van der Waals surface area contributed by atoms with Gasteiger partial charge in [0.25, 0.3) is 0 Å². The van der Waals surface area contributed by atoms with Gasteiger partial charge in [-0.25, -0.2) is 17.6 Å². The normalized spacial score (nSPS) is 10.5. The molecule has 0 amide bonds. The van der Waals surface area contributed by atoms with Crippen molar-refractivity contribution in [3.8, 4) is 0 Å². The fourth-order valence-corrected chi connectivity index (χ4v) is 1.59. The van der Waals surface area contributed by atoms with Crippen LogP contribution in [-0.4, -0.2) is 0 Å². The monoisotopic (exact) mass is 270 g/mol. The summed E-state index contributed by atoms with van der Waals surface area (Å²) in [6, 6.07) is 4.71. The molecular formula is C13H10F4N2. The van der Waals surface area contributed by atoms with Crippen LogP contribution in [0.25, 0.3) is 0 Å². The van der Waals surface area contributed by atoms with E-state index in [0.29, 0.717) is 6.07 Å². The second kappa shape index (κ2) is 5.17. The molecule has 3 N–H and O–H groups in total. The Kier molecular flexibility index (Phi) is 3.59. The number of hydrogen-bond donors (Lipinski definition) is 2. The maximum Gasteiger partial charge on any atom is 0.151 e.